The van der Waals surface area contributed by atoms with Crippen molar-refractivity contribution in [3.63, 3.8) is 0 Å². The molecule has 0 aliphatic carbocycles. The first kappa shape index (κ1) is 11.9. The molecule has 1 aromatic carbocycles. The Morgan fingerprint density at radius 1 is 1.59 bits per heavy atom. The third-order valence-electron chi connectivity index (χ3n) is 2.91. The number of hydrogen-bond donors (Lipinski definition) is 1. The molecular weight excluding hydrogens is 227 g/mol. The van der Waals surface area contributed by atoms with Crippen molar-refractivity contribution in [3.05, 3.63) is 39.7 Å². The molecule has 2 N–H and O–H groups in total. The van der Waals surface area contributed by atoms with Gasteiger partial charge in [-0.3, -0.25) is 10.1 Å². The first-order valence-corrected chi connectivity index (χ1v) is 5.30. The third kappa shape index (κ3) is 2.59. The Labute approximate surface area is 97.5 Å². The summed E-state index contributed by atoms with van der Waals surface area (Å²) in [5.74, 6) is -0.492. The smallest absolute Gasteiger partial charge is 0.272 e. The van der Waals surface area contributed by atoms with Crippen LogP contribution in [0.5, 0.6) is 0 Å². The van der Waals surface area contributed by atoms with Crippen LogP contribution in [0.15, 0.2) is 18.2 Å². The van der Waals surface area contributed by atoms with E-state index in [-0.39, 0.29) is 12.1 Å². The van der Waals surface area contributed by atoms with Crippen LogP contribution in [0.25, 0.3) is 0 Å². The molecule has 92 valence electrons. The maximum absolute atomic E-state index is 13.1. The molecule has 1 aromatic rings. The topological polar surface area (TPSA) is 78.4 Å². The van der Waals surface area contributed by atoms with E-state index in [2.05, 4.69) is 0 Å². The van der Waals surface area contributed by atoms with Crippen molar-refractivity contribution in [2.45, 2.75) is 18.4 Å². The molecule has 0 amide bonds. The second kappa shape index (κ2) is 4.38. The number of nitrogens with two attached hydrogens (primary N) is 1. The summed E-state index contributed by atoms with van der Waals surface area (Å²) in [6.45, 7) is 0.889. The summed E-state index contributed by atoms with van der Waals surface area (Å²) < 4.78 is 18.3. The molecule has 17 heavy (non-hydrogen) atoms. The highest BCUT2D eigenvalue weighted by atomic mass is 19.1. The zero-order chi connectivity index (χ0) is 12.5. The highest BCUT2D eigenvalue weighted by Gasteiger charge is 2.33. The number of halogens is 1. The number of hydrogen-bond acceptors (Lipinski definition) is 4. The van der Waals surface area contributed by atoms with Crippen molar-refractivity contribution in [3.8, 4) is 0 Å². The minimum absolute atomic E-state index is 0.0943. The van der Waals surface area contributed by atoms with Crippen molar-refractivity contribution < 1.29 is 14.1 Å². The van der Waals surface area contributed by atoms with Gasteiger partial charge in [-0.2, -0.15) is 0 Å². The lowest BCUT2D eigenvalue weighted by atomic mass is 9.90. The van der Waals surface area contributed by atoms with Crippen LogP contribution in [0.2, 0.25) is 0 Å². The average molecular weight is 240 g/mol. The van der Waals surface area contributed by atoms with Crippen molar-refractivity contribution in [1.29, 1.82) is 0 Å². The van der Waals surface area contributed by atoms with Crippen LogP contribution >= 0.6 is 0 Å². The Kier molecular flexibility index (Phi) is 3.08. The van der Waals surface area contributed by atoms with Gasteiger partial charge in [0.25, 0.3) is 5.69 Å². The summed E-state index contributed by atoms with van der Waals surface area (Å²) in [4.78, 5) is 10.3. The van der Waals surface area contributed by atoms with Gasteiger partial charge in [0.2, 0.25) is 0 Å². The van der Waals surface area contributed by atoms with Crippen LogP contribution < -0.4 is 5.73 Å². The van der Waals surface area contributed by atoms with Crippen molar-refractivity contribution in [2.75, 3.05) is 13.2 Å². The predicted molar refractivity (Wildman–Crippen MR) is 59.1 cm³/mol. The van der Waals surface area contributed by atoms with E-state index in [1.165, 1.54) is 12.1 Å². The van der Waals surface area contributed by atoms with Crippen LogP contribution in [-0.2, 0) is 11.2 Å². The molecule has 1 aliphatic heterocycles. The quantitative estimate of drug-likeness (QED) is 0.639. The zero-order valence-electron chi connectivity index (χ0n) is 9.19. The van der Waals surface area contributed by atoms with Gasteiger partial charge >= 0.3 is 0 Å². The molecule has 1 saturated heterocycles. The summed E-state index contributed by atoms with van der Waals surface area (Å²) in [6, 6.07) is 3.42. The van der Waals surface area contributed by atoms with E-state index in [0.29, 0.717) is 25.2 Å². The molecule has 1 aliphatic rings. The van der Waals surface area contributed by atoms with E-state index >= 15 is 0 Å². The lowest BCUT2D eigenvalue weighted by Gasteiger charge is -2.21. The van der Waals surface area contributed by atoms with Crippen LogP contribution in [0.3, 0.4) is 0 Å². The number of benzene rings is 1. The maximum Gasteiger partial charge on any atom is 0.272 e. The number of rotatable bonds is 3. The number of nitro groups is 1. The normalized spacial score (nSPS) is 23.9. The van der Waals surface area contributed by atoms with Gasteiger partial charge in [0.05, 0.1) is 11.5 Å². The van der Waals surface area contributed by atoms with E-state index in [9.17, 15) is 14.5 Å². The minimum atomic E-state index is -0.626. The summed E-state index contributed by atoms with van der Waals surface area (Å²) in [5, 5.41) is 10.8. The summed E-state index contributed by atoms with van der Waals surface area (Å²) in [5.41, 5.74) is 5.64. The molecule has 2 rings (SSSR count). The SMILES string of the molecule is NC1(Cc2cc(F)ccc2[N+](=O)[O-])CCOC1. The molecule has 1 unspecified atom stereocenters. The van der Waals surface area contributed by atoms with Crippen LogP contribution in [-0.4, -0.2) is 23.7 Å². The lowest BCUT2D eigenvalue weighted by Crippen LogP contribution is -2.42. The highest BCUT2D eigenvalue weighted by molar-refractivity contribution is 5.41. The lowest BCUT2D eigenvalue weighted by molar-refractivity contribution is -0.385. The van der Waals surface area contributed by atoms with Crippen LogP contribution in [0.1, 0.15) is 12.0 Å². The second-order valence-electron chi connectivity index (χ2n) is 4.37. The monoisotopic (exact) mass is 240 g/mol. The fourth-order valence-electron chi connectivity index (χ4n) is 2.02. The van der Waals surface area contributed by atoms with Crippen molar-refractivity contribution in [1.82, 2.24) is 0 Å². The van der Waals surface area contributed by atoms with Crippen molar-refractivity contribution >= 4 is 5.69 Å². The molecule has 1 atom stereocenters. The van der Waals surface area contributed by atoms with E-state index in [4.69, 9.17) is 10.5 Å². The average Bonchev–Trinajstić information content (AvgIpc) is 2.64. The fourth-order valence-corrected chi connectivity index (χ4v) is 2.02. The van der Waals surface area contributed by atoms with E-state index in [1.54, 1.807) is 0 Å². The Hall–Kier alpha value is -1.53. The minimum Gasteiger partial charge on any atom is -0.379 e. The predicted octanol–water partition coefficient (Wildman–Crippen LogP) is 1.39. The fraction of sp³-hybridized carbons (Fsp3) is 0.455. The maximum atomic E-state index is 13.1. The second-order valence-corrected chi connectivity index (χ2v) is 4.37. The van der Waals surface area contributed by atoms with Gasteiger partial charge in [-0.05, 0) is 25.0 Å². The molecular formula is C11H13FN2O3. The van der Waals surface area contributed by atoms with Gasteiger partial charge in [0, 0.05) is 23.8 Å². The number of nitrogens with zero attached hydrogens (tertiary/aromatic N) is 1. The summed E-state index contributed by atoms with van der Waals surface area (Å²) >= 11 is 0. The Bertz CT molecular complexity index is 444. The molecule has 0 saturated carbocycles. The molecule has 0 radical (unpaired) electrons. The Morgan fingerprint density at radius 3 is 2.94 bits per heavy atom. The van der Waals surface area contributed by atoms with Gasteiger partial charge in [0.1, 0.15) is 5.82 Å². The largest absolute Gasteiger partial charge is 0.379 e. The Balaban J connectivity index is 2.30. The molecule has 0 spiro atoms. The molecule has 1 fully saturated rings. The molecule has 1 heterocycles. The first-order valence-electron chi connectivity index (χ1n) is 5.30. The van der Waals surface area contributed by atoms with Gasteiger partial charge in [0.15, 0.2) is 0 Å². The number of nitro benzene ring substituents is 1. The van der Waals surface area contributed by atoms with E-state index in [0.717, 1.165) is 6.07 Å². The van der Waals surface area contributed by atoms with Gasteiger partial charge in [-0.1, -0.05) is 0 Å². The highest BCUT2D eigenvalue weighted by Crippen LogP contribution is 2.27. The number of ether oxygens (including phenoxy) is 1. The first-order chi connectivity index (χ1) is 8.00. The molecule has 0 aromatic heterocycles. The zero-order valence-corrected chi connectivity index (χ0v) is 9.19. The van der Waals surface area contributed by atoms with Gasteiger partial charge < -0.3 is 10.5 Å². The van der Waals surface area contributed by atoms with Gasteiger partial charge in [-0.25, -0.2) is 4.39 Å². The van der Waals surface area contributed by atoms with Crippen LogP contribution in [0, 0.1) is 15.9 Å². The third-order valence-corrected chi connectivity index (χ3v) is 2.91. The van der Waals surface area contributed by atoms with Crippen molar-refractivity contribution in [2.24, 2.45) is 5.73 Å². The molecule has 0 bridgehead atoms. The van der Waals surface area contributed by atoms with Crippen LogP contribution in [0.4, 0.5) is 10.1 Å². The van der Waals surface area contributed by atoms with E-state index < -0.39 is 16.3 Å². The molecule has 5 nitrogen and oxygen atoms in total. The summed E-state index contributed by atoms with van der Waals surface area (Å²) in [6.07, 6.45) is 0.877. The summed E-state index contributed by atoms with van der Waals surface area (Å²) in [7, 11) is 0. The molecule has 6 heteroatoms. The Morgan fingerprint density at radius 2 is 2.35 bits per heavy atom. The van der Waals surface area contributed by atoms with Gasteiger partial charge in [-0.15, -0.1) is 0 Å². The standard InChI is InChI=1S/C11H13FN2O3/c12-9-1-2-10(14(15)16)8(5-9)6-11(13)3-4-17-7-11/h1-2,5H,3-4,6-7,13H2. The van der Waals surface area contributed by atoms with E-state index in [1.807, 2.05) is 0 Å².